The minimum Gasteiger partial charge on any atom is -0.447 e. The first-order valence-corrected chi connectivity index (χ1v) is 8.65. The van der Waals surface area contributed by atoms with Crippen molar-refractivity contribution < 1.29 is 12.8 Å². The van der Waals surface area contributed by atoms with Gasteiger partial charge in [0.15, 0.2) is 0 Å². The van der Waals surface area contributed by atoms with Gasteiger partial charge in [-0.15, -0.1) is 0 Å². The molecule has 0 spiro atoms. The second kappa shape index (κ2) is 7.81. The molecule has 0 bridgehead atoms. The largest absolute Gasteiger partial charge is 0.447 e. The van der Waals surface area contributed by atoms with Gasteiger partial charge in [0.25, 0.3) is 10.0 Å². The van der Waals surface area contributed by atoms with Crippen molar-refractivity contribution in [1.82, 2.24) is 9.62 Å². The van der Waals surface area contributed by atoms with Crippen LogP contribution in [0.1, 0.15) is 39.9 Å². The van der Waals surface area contributed by atoms with E-state index in [1.54, 1.807) is 12.1 Å². The van der Waals surface area contributed by atoms with E-state index in [2.05, 4.69) is 19.2 Å². The second-order valence-corrected chi connectivity index (χ2v) is 7.11. The Hall–Kier alpha value is -0.850. The third kappa shape index (κ3) is 4.61. The molecule has 1 rings (SSSR count). The topological polar surface area (TPSA) is 62.6 Å². The van der Waals surface area contributed by atoms with Crippen LogP contribution in [0, 0.1) is 5.92 Å². The van der Waals surface area contributed by atoms with Crippen molar-refractivity contribution in [2.45, 2.75) is 45.8 Å². The summed E-state index contributed by atoms with van der Waals surface area (Å²) in [6.45, 7) is 10.4. The van der Waals surface area contributed by atoms with Crippen LogP contribution in [0.5, 0.6) is 0 Å². The van der Waals surface area contributed by atoms with Gasteiger partial charge in [-0.1, -0.05) is 27.7 Å². The Kier molecular flexibility index (Phi) is 6.71. The zero-order valence-corrected chi connectivity index (χ0v) is 13.7. The average Bonchev–Trinajstić information content (AvgIpc) is 2.84. The molecule has 0 unspecified atom stereocenters. The monoisotopic (exact) mass is 302 g/mol. The van der Waals surface area contributed by atoms with E-state index in [-0.39, 0.29) is 5.09 Å². The van der Waals surface area contributed by atoms with Gasteiger partial charge in [0, 0.05) is 13.1 Å². The number of hydrogen-bond acceptors (Lipinski definition) is 4. The Bertz CT molecular complexity index is 494. The summed E-state index contributed by atoms with van der Waals surface area (Å²) in [6, 6.07) is 3.26. The van der Waals surface area contributed by atoms with Crippen LogP contribution in [-0.4, -0.2) is 32.4 Å². The highest BCUT2D eigenvalue weighted by molar-refractivity contribution is 7.89. The molecule has 0 aliphatic carbocycles. The minimum absolute atomic E-state index is 0.0362. The van der Waals surface area contributed by atoms with Gasteiger partial charge in [-0.2, -0.15) is 4.31 Å². The van der Waals surface area contributed by atoms with Crippen LogP contribution >= 0.6 is 0 Å². The Labute approximate surface area is 122 Å². The zero-order chi connectivity index (χ0) is 15.2. The lowest BCUT2D eigenvalue weighted by Gasteiger charge is -2.17. The molecule has 0 amide bonds. The third-order valence-corrected chi connectivity index (χ3v) is 4.76. The number of nitrogens with zero attached hydrogens (tertiary/aromatic N) is 1. The lowest BCUT2D eigenvalue weighted by Crippen LogP contribution is -2.31. The van der Waals surface area contributed by atoms with Crippen molar-refractivity contribution >= 4 is 10.0 Å². The van der Waals surface area contributed by atoms with Crippen molar-refractivity contribution in [1.29, 1.82) is 0 Å². The van der Waals surface area contributed by atoms with Gasteiger partial charge in [-0.05, 0) is 31.0 Å². The molecule has 20 heavy (non-hydrogen) atoms. The summed E-state index contributed by atoms with van der Waals surface area (Å²) in [5, 5.41) is 3.27. The zero-order valence-electron chi connectivity index (χ0n) is 12.8. The molecule has 0 atom stereocenters. The maximum Gasteiger partial charge on any atom is 0.276 e. The van der Waals surface area contributed by atoms with Gasteiger partial charge in [0.05, 0.1) is 6.54 Å². The first kappa shape index (κ1) is 17.2. The third-order valence-electron chi connectivity index (χ3n) is 2.91. The molecule has 0 aliphatic heterocycles. The molecule has 1 aromatic rings. The smallest absolute Gasteiger partial charge is 0.276 e. The van der Waals surface area contributed by atoms with E-state index in [0.29, 0.717) is 31.3 Å². The normalized spacial score (nSPS) is 12.5. The number of hydrogen-bond donors (Lipinski definition) is 1. The fourth-order valence-electron chi connectivity index (χ4n) is 1.90. The second-order valence-electron chi connectivity index (χ2n) is 5.24. The highest BCUT2D eigenvalue weighted by atomic mass is 32.2. The molecule has 0 aromatic carbocycles. The molecule has 6 heteroatoms. The van der Waals surface area contributed by atoms with Gasteiger partial charge < -0.3 is 9.73 Å². The lowest BCUT2D eigenvalue weighted by molar-refractivity contribution is 0.366. The first-order chi connectivity index (χ1) is 9.41. The quantitative estimate of drug-likeness (QED) is 0.761. The van der Waals surface area contributed by atoms with Crippen molar-refractivity contribution in [3.8, 4) is 0 Å². The predicted molar refractivity (Wildman–Crippen MR) is 80.0 cm³/mol. The molecule has 116 valence electrons. The van der Waals surface area contributed by atoms with E-state index in [1.165, 1.54) is 4.31 Å². The predicted octanol–water partition coefficient (Wildman–Crippen LogP) is 2.45. The Balaban J connectivity index is 2.74. The SMILES string of the molecule is CCCN(CC)S(=O)(=O)c1ccc(CNCC(C)C)o1. The van der Waals surface area contributed by atoms with Gasteiger partial charge in [-0.3, -0.25) is 0 Å². The number of furan rings is 1. The summed E-state index contributed by atoms with van der Waals surface area (Å²) >= 11 is 0. The van der Waals surface area contributed by atoms with Crippen molar-refractivity contribution in [2.75, 3.05) is 19.6 Å². The van der Waals surface area contributed by atoms with Gasteiger partial charge in [0.1, 0.15) is 5.76 Å². The highest BCUT2D eigenvalue weighted by Gasteiger charge is 2.25. The van der Waals surface area contributed by atoms with Crippen molar-refractivity contribution in [2.24, 2.45) is 5.92 Å². The summed E-state index contributed by atoms with van der Waals surface area (Å²) in [4.78, 5) is 0. The minimum atomic E-state index is -3.49. The van der Waals surface area contributed by atoms with Crippen LogP contribution in [0.25, 0.3) is 0 Å². The molecular formula is C14H26N2O3S. The van der Waals surface area contributed by atoms with Gasteiger partial charge >= 0.3 is 0 Å². The summed E-state index contributed by atoms with van der Waals surface area (Å²) in [5.41, 5.74) is 0. The van der Waals surface area contributed by atoms with Gasteiger partial charge in [-0.25, -0.2) is 8.42 Å². The molecule has 1 aromatic heterocycles. The maximum absolute atomic E-state index is 12.4. The van der Waals surface area contributed by atoms with Gasteiger partial charge in [0.2, 0.25) is 5.09 Å². The fourth-order valence-corrected chi connectivity index (χ4v) is 3.37. The van der Waals surface area contributed by atoms with Crippen LogP contribution < -0.4 is 5.32 Å². The molecule has 5 nitrogen and oxygen atoms in total. The number of nitrogens with one attached hydrogen (secondary N) is 1. The Morgan fingerprint density at radius 1 is 1.30 bits per heavy atom. The lowest BCUT2D eigenvalue weighted by atomic mass is 10.2. The number of sulfonamides is 1. The van der Waals surface area contributed by atoms with Crippen LogP contribution in [0.4, 0.5) is 0 Å². The van der Waals surface area contributed by atoms with E-state index < -0.39 is 10.0 Å². The summed E-state index contributed by atoms with van der Waals surface area (Å²) in [7, 11) is -3.49. The van der Waals surface area contributed by atoms with Crippen LogP contribution in [0.15, 0.2) is 21.6 Å². The van der Waals surface area contributed by atoms with E-state index >= 15 is 0 Å². The van der Waals surface area contributed by atoms with Crippen LogP contribution in [0.2, 0.25) is 0 Å². The Morgan fingerprint density at radius 2 is 2.00 bits per heavy atom. The summed E-state index contributed by atoms with van der Waals surface area (Å²) in [5.74, 6) is 1.20. The Morgan fingerprint density at radius 3 is 2.55 bits per heavy atom. The van der Waals surface area contributed by atoms with Crippen molar-refractivity contribution in [3.05, 3.63) is 17.9 Å². The van der Waals surface area contributed by atoms with E-state index in [0.717, 1.165) is 13.0 Å². The molecule has 1 N–H and O–H groups in total. The van der Waals surface area contributed by atoms with E-state index in [9.17, 15) is 8.42 Å². The highest BCUT2D eigenvalue weighted by Crippen LogP contribution is 2.19. The molecule has 0 saturated heterocycles. The van der Waals surface area contributed by atoms with Crippen molar-refractivity contribution in [3.63, 3.8) is 0 Å². The van der Waals surface area contributed by atoms with E-state index in [1.807, 2.05) is 13.8 Å². The average molecular weight is 302 g/mol. The summed E-state index contributed by atoms with van der Waals surface area (Å²) in [6.07, 6.45) is 0.788. The molecule has 1 heterocycles. The molecular weight excluding hydrogens is 276 g/mol. The van der Waals surface area contributed by atoms with Crippen LogP contribution in [0.3, 0.4) is 0 Å². The molecule has 0 saturated carbocycles. The fraction of sp³-hybridized carbons (Fsp3) is 0.714. The maximum atomic E-state index is 12.4. The van der Waals surface area contributed by atoms with E-state index in [4.69, 9.17) is 4.42 Å². The molecule has 0 radical (unpaired) electrons. The molecule has 0 fully saturated rings. The first-order valence-electron chi connectivity index (χ1n) is 7.21. The molecule has 0 aliphatic rings. The standard InChI is InChI=1S/C14H26N2O3S/c1-5-9-16(6-2)20(17,18)14-8-7-13(19-14)11-15-10-12(3)4/h7-8,12,15H,5-6,9-11H2,1-4H3. The van der Waals surface area contributed by atoms with Crippen LogP contribution in [-0.2, 0) is 16.6 Å². The number of rotatable bonds is 9. The summed E-state index contributed by atoms with van der Waals surface area (Å²) < 4.78 is 31.6.